The van der Waals surface area contributed by atoms with Crippen LogP contribution >= 0.6 is 15.9 Å². The number of aryl methyl sites for hydroxylation is 2. The molecule has 0 fully saturated rings. The lowest BCUT2D eigenvalue weighted by Crippen LogP contribution is -2.00. The van der Waals surface area contributed by atoms with Crippen LogP contribution in [0.1, 0.15) is 27.0 Å². The van der Waals surface area contributed by atoms with Crippen molar-refractivity contribution in [1.29, 1.82) is 0 Å². The molecule has 21 heavy (non-hydrogen) atoms. The molecular weight excluding hydrogens is 332 g/mol. The maximum Gasteiger partial charge on any atom is 0.175 e. The van der Waals surface area contributed by atoms with Crippen molar-refractivity contribution in [3.8, 4) is 11.5 Å². The van der Waals surface area contributed by atoms with E-state index < -0.39 is 0 Å². The Balaban J connectivity index is 2.23. The minimum atomic E-state index is 0.441. The van der Waals surface area contributed by atoms with Crippen LogP contribution in [0.4, 0.5) is 0 Å². The van der Waals surface area contributed by atoms with E-state index in [0.29, 0.717) is 28.1 Å². The zero-order valence-electron chi connectivity index (χ0n) is 12.3. The minimum Gasteiger partial charge on any atom is -0.493 e. The molecular formula is C17H17BrO3. The summed E-state index contributed by atoms with van der Waals surface area (Å²) in [5.74, 6) is 1.14. The van der Waals surface area contributed by atoms with Crippen molar-refractivity contribution in [2.24, 2.45) is 0 Å². The van der Waals surface area contributed by atoms with Crippen LogP contribution in [0, 0.1) is 13.8 Å². The van der Waals surface area contributed by atoms with Gasteiger partial charge < -0.3 is 9.47 Å². The number of benzene rings is 2. The number of aldehydes is 1. The summed E-state index contributed by atoms with van der Waals surface area (Å²) in [6.45, 7) is 4.60. The number of hydrogen-bond acceptors (Lipinski definition) is 3. The second kappa shape index (κ2) is 6.76. The molecule has 0 spiro atoms. The van der Waals surface area contributed by atoms with Crippen molar-refractivity contribution in [1.82, 2.24) is 0 Å². The van der Waals surface area contributed by atoms with E-state index in [1.165, 1.54) is 11.1 Å². The lowest BCUT2D eigenvalue weighted by atomic mass is 10.1. The van der Waals surface area contributed by atoms with Gasteiger partial charge in [-0.05, 0) is 58.6 Å². The number of methoxy groups -OCH3 is 1. The van der Waals surface area contributed by atoms with Crippen molar-refractivity contribution in [3.63, 3.8) is 0 Å². The molecule has 0 bridgehead atoms. The number of hydrogen-bond donors (Lipinski definition) is 0. The van der Waals surface area contributed by atoms with Crippen LogP contribution in [0.3, 0.4) is 0 Å². The van der Waals surface area contributed by atoms with Gasteiger partial charge in [-0.1, -0.05) is 18.2 Å². The molecule has 0 aromatic heterocycles. The van der Waals surface area contributed by atoms with E-state index in [9.17, 15) is 4.79 Å². The second-order valence-corrected chi connectivity index (χ2v) is 5.71. The predicted octanol–water partition coefficient (Wildman–Crippen LogP) is 4.47. The third kappa shape index (κ3) is 3.64. The monoisotopic (exact) mass is 348 g/mol. The topological polar surface area (TPSA) is 35.5 Å². The van der Waals surface area contributed by atoms with Gasteiger partial charge in [-0.25, -0.2) is 0 Å². The first-order valence-corrected chi connectivity index (χ1v) is 7.36. The summed E-state index contributed by atoms with van der Waals surface area (Å²) in [5, 5.41) is 0. The van der Waals surface area contributed by atoms with Crippen molar-refractivity contribution < 1.29 is 14.3 Å². The highest BCUT2D eigenvalue weighted by atomic mass is 79.9. The predicted molar refractivity (Wildman–Crippen MR) is 86.3 cm³/mol. The fourth-order valence-electron chi connectivity index (χ4n) is 2.00. The standard InChI is InChI=1S/C17H17BrO3/c1-11-4-5-13(6-12(11)2)10-21-17-15(18)7-14(9-19)8-16(17)20-3/h4-9H,10H2,1-3H3. The average molecular weight is 349 g/mol. The van der Waals surface area contributed by atoms with Crippen LogP contribution < -0.4 is 9.47 Å². The first-order valence-electron chi connectivity index (χ1n) is 6.56. The Morgan fingerprint density at radius 1 is 1.14 bits per heavy atom. The maximum atomic E-state index is 10.9. The highest BCUT2D eigenvalue weighted by Crippen LogP contribution is 2.36. The van der Waals surface area contributed by atoms with E-state index in [-0.39, 0.29) is 0 Å². The van der Waals surface area contributed by atoms with E-state index >= 15 is 0 Å². The first-order chi connectivity index (χ1) is 10.0. The summed E-state index contributed by atoms with van der Waals surface area (Å²) in [7, 11) is 1.55. The third-order valence-corrected chi connectivity index (χ3v) is 3.93. The van der Waals surface area contributed by atoms with Gasteiger partial charge in [-0.15, -0.1) is 0 Å². The van der Waals surface area contributed by atoms with Crippen molar-refractivity contribution >= 4 is 22.2 Å². The van der Waals surface area contributed by atoms with Gasteiger partial charge in [-0.2, -0.15) is 0 Å². The van der Waals surface area contributed by atoms with Gasteiger partial charge in [0.2, 0.25) is 0 Å². The fourth-order valence-corrected chi connectivity index (χ4v) is 2.57. The summed E-state index contributed by atoms with van der Waals surface area (Å²) in [6.07, 6.45) is 0.778. The molecule has 0 amide bonds. The lowest BCUT2D eigenvalue weighted by Gasteiger charge is -2.14. The molecule has 2 aromatic carbocycles. The Hall–Kier alpha value is -1.81. The van der Waals surface area contributed by atoms with E-state index in [2.05, 4.69) is 41.9 Å². The van der Waals surface area contributed by atoms with Crippen LogP contribution in [-0.2, 0) is 6.61 Å². The van der Waals surface area contributed by atoms with Gasteiger partial charge in [0.15, 0.2) is 11.5 Å². The molecule has 0 radical (unpaired) electrons. The van der Waals surface area contributed by atoms with E-state index in [1.807, 2.05) is 6.07 Å². The van der Waals surface area contributed by atoms with Gasteiger partial charge >= 0.3 is 0 Å². The maximum absolute atomic E-state index is 10.9. The zero-order chi connectivity index (χ0) is 15.4. The Morgan fingerprint density at radius 2 is 1.90 bits per heavy atom. The van der Waals surface area contributed by atoms with Crippen LogP contribution in [0.2, 0.25) is 0 Å². The highest BCUT2D eigenvalue weighted by Gasteiger charge is 2.12. The molecule has 0 aliphatic carbocycles. The van der Waals surface area contributed by atoms with E-state index in [4.69, 9.17) is 9.47 Å². The Kier molecular flexibility index (Phi) is 5.02. The SMILES string of the molecule is COc1cc(C=O)cc(Br)c1OCc1ccc(C)c(C)c1. The summed E-state index contributed by atoms with van der Waals surface area (Å²) in [6, 6.07) is 9.60. The number of carbonyl (C=O) groups excluding carboxylic acids is 1. The van der Waals surface area contributed by atoms with Gasteiger partial charge in [0, 0.05) is 5.56 Å². The largest absolute Gasteiger partial charge is 0.493 e. The summed E-state index contributed by atoms with van der Waals surface area (Å²) in [5.41, 5.74) is 4.12. The molecule has 3 nitrogen and oxygen atoms in total. The molecule has 0 aliphatic rings. The number of carbonyl (C=O) groups is 1. The number of halogens is 1. The molecule has 2 rings (SSSR count). The quantitative estimate of drug-likeness (QED) is 0.748. The van der Waals surface area contributed by atoms with Crippen molar-refractivity contribution in [3.05, 3.63) is 57.1 Å². The van der Waals surface area contributed by atoms with Gasteiger partial charge in [0.1, 0.15) is 12.9 Å². The molecule has 2 aromatic rings. The highest BCUT2D eigenvalue weighted by molar-refractivity contribution is 9.10. The third-order valence-electron chi connectivity index (χ3n) is 3.34. The summed E-state index contributed by atoms with van der Waals surface area (Å²) in [4.78, 5) is 10.9. The number of ether oxygens (including phenoxy) is 2. The molecule has 4 heteroatoms. The Bertz CT molecular complexity index is 665. The Morgan fingerprint density at radius 3 is 2.52 bits per heavy atom. The second-order valence-electron chi connectivity index (χ2n) is 4.86. The van der Waals surface area contributed by atoms with Gasteiger partial charge in [0.05, 0.1) is 11.6 Å². The Labute approximate surface area is 133 Å². The van der Waals surface area contributed by atoms with Crippen molar-refractivity contribution in [2.45, 2.75) is 20.5 Å². The van der Waals surface area contributed by atoms with E-state index in [1.54, 1.807) is 19.2 Å². The zero-order valence-corrected chi connectivity index (χ0v) is 13.9. The van der Waals surface area contributed by atoms with Crippen molar-refractivity contribution in [2.75, 3.05) is 7.11 Å². The molecule has 0 saturated heterocycles. The van der Waals surface area contributed by atoms with Crippen LogP contribution in [0.15, 0.2) is 34.8 Å². The van der Waals surface area contributed by atoms with Crippen LogP contribution in [0.25, 0.3) is 0 Å². The normalized spacial score (nSPS) is 10.3. The number of rotatable bonds is 5. The van der Waals surface area contributed by atoms with Crippen LogP contribution in [-0.4, -0.2) is 13.4 Å². The smallest absolute Gasteiger partial charge is 0.175 e. The molecule has 110 valence electrons. The summed E-state index contributed by atoms with van der Waals surface area (Å²) >= 11 is 3.42. The molecule has 0 N–H and O–H groups in total. The van der Waals surface area contributed by atoms with Gasteiger partial charge in [0.25, 0.3) is 0 Å². The summed E-state index contributed by atoms with van der Waals surface area (Å²) < 4.78 is 11.8. The molecule has 0 heterocycles. The molecule has 0 unspecified atom stereocenters. The molecule has 0 saturated carbocycles. The lowest BCUT2D eigenvalue weighted by molar-refractivity contribution is 0.112. The first kappa shape index (κ1) is 15.6. The fraction of sp³-hybridized carbons (Fsp3) is 0.235. The minimum absolute atomic E-state index is 0.441. The van der Waals surface area contributed by atoms with E-state index in [0.717, 1.165) is 11.8 Å². The van der Waals surface area contributed by atoms with Crippen LogP contribution in [0.5, 0.6) is 11.5 Å². The van der Waals surface area contributed by atoms with Gasteiger partial charge in [-0.3, -0.25) is 4.79 Å². The average Bonchev–Trinajstić information content (AvgIpc) is 2.48. The molecule has 0 atom stereocenters. The molecule has 0 aliphatic heterocycles.